The lowest BCUT2D eigenvalue weighted by atomic mass is 10.2. The average molecular weight is 462 g/mol. The molecular weight excluding hydrogens is 442 g/mol. The molecule has 0 aliphatic rings. The van der Waals surface area contributed by atoms with E-state index in [1.165, 1.54) is 42.5 Å². The summed E-state index contributed by atoms with van der Waals surface area (Å²) in [4.78, 5) is 39.2. The van der Waals surface area contributed by atoms with Gasteiger partial charge in [-0.1, -0.05) is 42.5 Å². The van der Waals surface area contributed by atoms with Crippen LogP contribution in [0.1, 0.15) is 27.2 Å². The predicted molar refractivity (Wildman–Crippen MR) is 122 cm³/mol. The van der Waals surface area contributed by atoms with Crippen LogP contribution in [0.15, 0.2) is 82.4 Å². The van der Waals surface area contributed by atoms with Gasteiger partial charge in [-0.15, -0.1) is 0 Å². The number of aryl methyl sites for hydroxylation is 1. The Balaban J connectivity index is 1.78. The number of halogens is 2. The van der Waals surface area contributed by atoms with Crippen molar-refractivity contribution in [1.82, 2.24) is 19.7 Å². The maximum atomic E-state index is 14.3. The number of hydrogen-bond acceptors (Lipinski definition) is 4. The van der Waals surface area contributed by atoms with E-state index in [0.717, 1.165) is 14.8 Å². The van der Waals surface area contributed by atoms with Crippen LogP contribution < -0.4 is 16.6 Å². The van der Waals surface area contributed by atoms with E-state index in [-0.39, 0.29) is 18.7 Å². The van der Waals surface area contributed by atoms with E-state index in [1.54, 1.807) is 24.3 Å². The molecule has 9 heteroatoms. The van der Waals surface area contributed by atoms with Crippen LogP contribution in [-0.4, -0.2) is 20.3 Å². The van der Waals surface area contributed by atoms with Crippen molar-refractivity contribution in [3.63, 3.8) is 0 Å². The fourth-order valence-corrected chi connectivity index (χ4v) is 3.39. The van der Waals surface area contributed by atoms with E-state index in [2.05, 4.69) is 10.4 Å². The Morgan fingerprint density at radius 2 is 1.71 bits per heavy atom. The quantitative estimate of drug-likeness (QED) is 0.478. The van der Waals surface area contributed by atoms with E-state index in [9.17, 15) is 23.2 Å². The van der Waals surface area contributed by atoms with Gasteiger partial charge in [-0.05, 0) is 48.4 Å². The maximum absolute atomic E-state index is 14.3. The van der Waals surface area contributed by atoms with Crippen LogP contribution in [0.2, 0.25) is 0 Å². The van der Waals surface area contributed by atoms with Crippen LogP contribution in [0, 0.1) is 18.6 Å². The zero-order valence-electron chi connectivity index (χ0n) is 18.2. The lowest BCUT2D eigenvalue weighted by molar-refractivity contribution is 0.0941. The normalized spacial score (nSPS) is 10.8. The van der Waals surface area contributed by atoms with Crippen LogP contribution >= 0.6 is 0 Å². The van der Waals surface area contributed by atoms with Gasteiger partial charge in [0.05, 0.1) is 12.2 Å². The van der Waals surface area contributed by atoms with Crippen molar-refractivity contribution >= 4 is 5.91 Å². The number of carbonyl (C=O) groups excluding carboxylic acids is 1. The highest BCUT2D eigenvalue weighted by Gasteiger charge is 2.21. The van der Waals surface area contributed by atoms with Crippen molar-refractivity contribution in [2.75, 3.05) is 0 Å². The highest BCUT2D eigenvalue weighted by Crippen LogP contribution is 2.09. The van der Waals surface area contributed by atoms with Gasteiger partial charge in [0.2, 0.25) is 5.69 Å². The molecule has 34 heavy (non-hydrogen) atoms. The molecule has 4 rings (SSSR count). The summed E-state index contributed by atoms with van der Waals surface area (Å²) in [5, 5.41) is 6.60. The number of nitrogens with zero attached hydrogens (tertiary/aromatic N) is 3. The largest absolute Gasteiger partial charge is 0.352 e. The third-order valence-electron chi connectivity index (χ3n) is 5.17. The first-order chi connectivity index (χ1) is 16.3. The van der Waals surface area contributed by atoms with Crippen LogP contribution in [0.4, 0.5) is 8.78 Å². The number of carbonyl (C=O) groups is 1. The van der Waals surface area contributed by atoms with E-state index in [4.69, 9.17) is 0 Å². The molecule has 1 N–H and O–H groups in total. The molecule has 0 atom stereocenters. The van der Waals surface area contributed by atoms with Gasteiger partial charge in [-0.25, -0.2) is 13.6 Å². The second kappa shape index (κ2) is 9.62. The van der Waals surface area contributed by atoms with Crippen LogP contribution in [0.5, 0.6) is 0 Å². The van der Waals surface area contributed by atoms with Crippen molar-refractivity contribution in [2.24, 2.45) is 0 Å². The van der Waals surface area contributed by atoms with E-state index in [0.29, 0.717) is 11.3 Å². The number of rotatable bonds is 6. The van der Waals surface area contributed by atoms with Crippen molar-refractivity contribution in [1.29, 1.82) is 0 Å². The van der Waals surface area contributed by atoms with Gasteiger partial charge in [0, 0.05) is 12.1 Å². The number of amides is 1. The predicted octanol–water partition coefficient (Wildman–Crippen LogP) is 2.96. The van der Waals surface area contributed by atoms with E-state index in [1.807, 2.05) is 13.0 Å². The molecule has 4 aromatic rings. The molecule has 0 spiro atoms. The Labute approximate surface area is 192 Å². The van der Waals surface area contributed by atoms with Crippen molar-refractivity contribution < 1.29 is 13.6 Å². The van der Waals surface area contributed by atoms with Crippen molar-refractivity contribution in [2.45, 2.75) is 20.0 Å². The molecule has 1 aromatic heterocycles. The highest BCUT2D eigenvalue weighted by atomic mass is 19.1. The first kappa shape index (κ1) is 22.8. The molecule has 1 heterocycles. The molecule has 0 aliphatic carbocycles. The van der Waals surface area contributed by atoms with Gasteiger partial charge in [0.15, 0.2) is 0 Å². The van der Waals surface area contributed by atoms with Crippen molar-refractivity contribution in [3.05, 3.63) is 128 Å². The number of nitrogens with one attached hydrogen (secondary N) is 1. The summed E-state index contributed by atoms with van der Waals surface area (Å²) in [6, 6.07) is 18.0. The summed E-state index contributed by atoms with van der Waals surface area (Å²) in [7, 11) is 0. The molecule has 7 nitrogen and oxygen atoms in total. The zero-order valence-corrected chi connectivity index (χ0v) is 18.2. The molecule has 0 saturated carbocycles. The SMILES string of the molecule is Cc1cccc(-n2nc(C(=O)NCc3ccc(F)cc3)c(=O)n(Cc3ccccc3F)c2=O)c1. The molecule has 0 radical (unpaired) electrons. The number of hydrogen-bond donors (Lipinski definition) is 1. The third kappa shape index (κ3) is 4.83. The summed E-state index contributed by atoms with van der Waals surface area (Å²) in [6.07, 6.45) is 0. The van der Waals surface area contributed by atoms with Gasteiger partial charge in [0.25, 0.3) is 11.5 Å². The fourth-order valence-electron chi connectivity index (χ4n) is 3.39. The van der Waals surface area contributed by atoms with Crippen LogP contribution in [-0.2, 0) is 13.1 Å². The van der Waals surface area contributed by atoms with Crippen LogP contribution in [0.25, 0.3) is 5.69 Å². The summed E-state index contributed by atoms with van der Waals surface area (Å²) in [5.41, 5.74) is -0.391. The van der Waals surface area contributed by atoms with E-state index >= 15 is 0 Å². The Morgan fingerprint density at radius 3 is 2.41 bits per heavy atom. The summed E-state index contributed by atoms with van der Waals surface area (Å²) >= 11 is 0. The second-order valence-corrected chi connectivity index (χ2v) is 7.67. The smallest absolute Gasteiger partial charge is 0.346 e. The first-order valence-corrected chi connectivity index (χ1v) is 10.4. The molecule has 0 saturated heterocycles. The van der Waals surface area contributed by atoms with Gasteiger partial charge in [-0.3, -0.25) is 14.2 Å². The standard InChI is InChI=1S/C25H20F2N4O3/c1-16-5-4-7-20(13-16)31-25(34)30(15-18-6-2-3-8-21(18)27)24(33)22(29-31)23(32)28-14-17-9-11-19(26)12-10-17/h2-13H,14-15H2,1H3,(H,28,32). The Morgan fingerprint density at radius 1 is 0.971 bits per heavy atom. The molecule has 0 unspecified atom stereocenters. The number of benzene rings is 3. The van der Waals surface area contributed by atoms with E-state index < -0.39 is 34.5 Å². The lowest BCUT2D eigenvalue weighted by Crippen LogP contribution is -2.46. The molecule has 3 aromatic carbocycles. The molecule has 1 amide bonds. The molecule has 0 fully saturated rings. The molecule has 172 valence electrons. The van der Waals surface area contributed by atoms with Gasteiger partial charge >= 0.3 is 5.69 Å². The van der Waals surface area contributed by atoms with Gasteiger partial charge in [0.1, 0.15) is 11.6 Å². The zero-order chi connectivity index (χ0) is 24.2. The lowest BCUT2D eigenvalue weighted by Gasteiger charge is -2.13. The minimum absolute atomic E-state index is 0.0110. The van der Waals surface area contributed by atoms with Crippen molar-refractivity contribution in [3.8, 4) is 5.69 Å². The summed E-state index contributed by atoms with van der Waals surface area (Å²) in [5.74, 6) is -1.83. The maximum Gasteiger partial charge on any atom is 0.352 e. The van der Waals surface area contributed by atoms with Gasteiger partial charge < -0.3 is 5.32 Å². The Bertz CT molecular complexity index is 1480. The second-order valence-electron chi connectivity index (χ2n) is 7.67. The minimum Gasteiger partial charge on any atom is -0.346 e. The molecule has 0 aliphatic heterocycles. The highest BCUT2D eigenvalue weighted by molar-refractivity contribution is 5.91. The average Bonchev–Trinajstić information content (AvgIpc) is 2.82. The summed E-state index contributed by atoms with van der Waals surface area (Å²) in [6.45, 7) is 1.45. The Hall–Kier alpha value is -4.40. The fraction of sp³-hybridized carbons (Fsp3) is 0.120. The molecular formula is C25H20F2N4O3. The monoisotopic (exact) mass is 462 g/mol. The minimum atomic E-state index is -0.950. The topological polar surface area (TPSA) is 86.0 Å². The molecule has 0 bridgehead atoms. The Kier molecular flexibility index (Phi) is 6.44. The summed E-state index contributed by atoms with van der Waals surface area (Å²) < 4.78 is 29.1. The van der Waals surface area contributed by atoms with Gasteiger partial charge in [-0.2, -0.15) is 9.78 Å². The third-order valence-corrected chi connectivity index (χ3v) is 5.17. The van der Waals surface area contributed by atoms with Crippen LogP contribution in [0.3, 0.4) is 0 Å². The number of aromatic nitrogens is 3. The first-order valence-electron chi connectivity index (χ1n) is 10.4.